The fourth-order valence-corrected chi connectivity index (χ4v) is 1.41. The maximum absolute atomic E-state index is 11.1. The standard InChI is InChI=1S/C11H15ClN2O/c1-8(13)11(15)14-7-6-9-4-2-3-5-10(9)12/h2-5,8H,6-7,13H2,1H3,(H,14,15). The first-order valence-electron chi connectivity index (χ1n) is 4.88. The quantitative estimate of drug-likeness (QED) is 0.814. The van der Waals surface area contributed by atoms with Crippen LogP contribution >= 0.6 is 11.6 Å². The lowest BCUT2D eigenvalue weighted by molar-refractivity contribution is -0.121. The predicted octanol–water partition coefficient (Wildman–Crippen LogP) is 1.35. The highest BCUT2D eigenvalue weighted by atomic mass is 35.5. The van der Waals surface area contributed by atoms with E-state index in [2.05, 4.69) is 5.32 Å². The van der Waals surface area contributed by atoms with E-state index in [-0.39, 0.29) is 5.91 Å². The maximum atomic E-state index is 11.1. The molecule has 1 aromatic carbocycles. The van der Waals surface area contributed by atoms with E-state index in [1.165, 1.54) is 0 Å². The van der Waals surface area contributed by atoms with E-state index in [1.807, 2.05) is 24.3 Å². The van der Waals surface area contributed by atoms with Gasteiger partial charge in [0, 0.05) is 11.6 Å². The van der Waals surface area contributed by atoms with Crippen molar-refractivity contribution in [2.75, 3.05) is 6.54 Å². The Kier molecular flexibility index (Phi) is 4.59. The number of nitrogens with two attached hydrogens (primary N) is 1. The van der Waals surface area contributed by atoms with Gasteiger partial charge in [-0.2, -0.15) is 0 Å². The third-order valence-corrected chi connectivity index (χ3v) is 2.43. The molecular formula is C11H15ClN2O. The van der Waals surface area contributed by atoms with Crippen molar-refractivity contribution in [3.63, 3.8) is 0 Å². The van der Waals surface area contributed by atoms with Crippen LogP contribution in [-0.4, -0.2) is 18.5 Å². The van der Waals surface area contributed by atoms with Crippen molar-refractivity contribution in [2.24, 2.45) is 5.73 Å². The number of carbonyl (C=O) groups is 1. The minimum atomic E-state index is -0.462. The fourth-order valence-electron chi connectivity index (χ4n) is 1.18. The Balaban J connectivity index is 2.38. The second kappa shape index (κ2) is 5.73. The molecule has 15 heavy (non-hydrogen) atoms. The number of hydrogen-bond acceptors (Lipinski definition) is 2. The number of nitrogens with one attached hydrogen (secondary N) is 1. The summed E-state index contributed by atoms with van der Waals surface area (Å²) < 4.78 is 0. The van der Waals surface area contributed by atoms with Crippen LogP contribution in [0.5, 0.6) is 0 Å². The van der Waals surface area contributed by atoms with Crippen LogP contribution in [0.3, 0.4) is 0 Å². The summed E-state index contributed by atoms with van der Waals surface area (Å²) in [7, 11) is 0. The number of halogens is 1. The van der Waals surface area contributed by atoms with Gasteiger partial charge in [-0.05, 0) is 25.0 Å². The number of rotatable bonds is 4. The van der Waals surface area contributed by atoms with Crippen molar-refractivity contribution >= 4 is 17.5 Å². The van der Waals surface area contributed by atoms with E-state index in [1.54, 1.807) is 6.92 Å². The summed E-state index contributed by atoms with van der Waals surface area (Å²) in [6.07, 6.45) is 0.720. The first kappa shape index (κ1) is 12.0. The monoisotopic (exact) mass is 226 g/mol. The zero-order valence-electron chi connectivity index (χ0n) is 8.66. The molecule has 0 saturated carbocycles. The molecular weight excluding hydrogens is 212 g/mol. The molecule has 0 bridgehead atoms. The molecule has 0 aliphatic rings. The Hall–Kier alpha value is -1.06. The lowest BCUT2D eigenvalue weighted by atomic mass is 10.1. The first-order valence-corrected chi connectivity index (χ1v) is 5.25. The van der Waals surface area contributed by atoms with E-state index >= 15 is 0 Å². The van der Waals surface area contributed by atoms with Crippen LogP contribution in [0.2, 0.25) is 5.02 Å². The molecule has 0 spiro atoms. The first-order chi connectivity index (χ1) is 7.11. The van der Waals surface area contributed by atoms with Crippen LogP contribution in [-0.2, 0) is 11.2 Å². The Morgan fingerprint density at radius 1 is 1.53 bits per heavy atom. The highest BCUT2D eigenvalue weighted by Crippen LogP contribution is 2.14. The summed E-state index contributed by atoms with van der Waals surface area (Å²) in [6.45, 7) is 2.22. The van der Waals surface area contributed by atoms with Crippen molar-refractivity contribution in [3.05, 3.63) is 34.9 Å². The van der Waals surface area contributed by atoms with Crippen LogP contribution in [0.4, 0.5) is 0 Å². The lowest BCUT2D eigenvalue weighted by Gasteiger charge is -2.08. The van der Waals surface area contributed by atoms with E-state index in [9.17, 15) is 4.79 Å². The van der Waals surface area contributed by atoms with Crippen LogP contribution in [0.15, 0.2) is 24.3 Å². The Morgan fingerprint density at radius 3 is 2.80 bits per heavy atom. The summed E-state index contributed by atoms with van der Waals surface area (Å²) in [6, 6.07) is 7.13. The highest BCUT2D eigenvalue weighted by Gasteiger charge is 2.06. The SMILES string of the molecule is CC(N)C(=O)NCCc1ccccc1Cl. The fraction of sp³-hybridized carbons (Fsp3) is 0.364. The maximum Gasteiger partial charge on any atom is 0.236 e. The molecule has 4 heteroatoms. The normalized spacial score (nSPS) is 12.2. The molecule has 0 heterocycles. The van der Waals surface area contributed by atoms with Gasteiger partial charge in [-0.3, -0.25) is 4.79 Å². The van der Waals surface area contributed by atoms with Gasteiger partial charge in [-0.15, -0.1) is 0 Å². The Bertz CT molecular complexity index is 339. The lowest BCUT2D eigenvalue weighted by Crippen LogP contribution is -2.39. The van der Waals surface area contributed by atoms with Gasteiger partial charge in [-0.1, -0.05) is 29.8 Å². The van der Waals surface area contributed by atoms with Crippen LogP contribution in [0, 0.1) is 0 Å². The summed E-state index contributed by atoms with van der Waals surface area (Å²) in [5.74, 6) is -0.137. The second-order valence-electron chi connectivity index (χ2n) is 3.42. The molecule has 1 amide bonds. The van der Waals surface area contributed by atoms with E-state index in [0.29, 0.717) is 6.54 Å². The van der Waals surface area contributed by atoms with Gasteiger partial charge in [-0.25, -0.2) is 0 Å². The number of carbonyl (C=O) groups excluding carboxylic acids is 1. The largest absolute Gasteiger partial charge is 0.354 e. The van der Waals surface area contributed by atoms with Gasteiger partial charge in [0.15, 0.2) is 0 Å². The van der Waals surface area contributed by atoms with E-state index in [0.717, 1.165) is 17.0 Å². The number of amides is 1. The molecule has 0 radical (unpaired) electrons. The van der Waals surface area contributed by atoms with Gasteiger partial charge in [0.05, 0.1) is 6.04 Å². The molecule has 1 atom stereocenters. The van der Waals surface area contributed by atoms with Gasteiger partial charge in [0.25, 0.3) is 0 Å². The summed E-state index contributed by atoms with van der Waals surface area (Å²) >= 11 is 5.96. The van der Waals surface area contributed by atoms with Crippen molar-refractivity contribution in [1.29, 1.82) is 0 Å². The average Bonchev–Trinajstić information content (AvgIpc) is 2.20. The zero-order valence-corrected chi connectivity index (χ0v) is 9.42. The Labute approximate surface area is 94.6 Å². The summed E-state index contributed by atoms with van der Waals surface area (Å²) in [5, 5.41) is 3.46. The zero-order chi connectivity index (χ0) is 11.3. The molecule has 82 valence electrons. The third kappa shape index (κ3) is 3.90. The van der Waals surface area contributed by atoms with Crippen LogP contribution < -0.4 is 11.1 Å². The molecule has 3 N–H and O–H groups in total. The molecule has 0 aliphatic carbocycles. The predicted molar refractivity (Wildman–Crippen MR) is 61.8 cm³/mol. The van der Waals surface area contributed by atoms with Crippen molar-refractivity contribution in [2.45, 2.75) is 19.4 Å². The van der Waals surface area contributed by atoms with Gasteiger partial charge >= 0.3 is 0 Å². The second-order valence-corrected chi connectivity index (χ2v) is 3.83. The molecule has 1 aromatic rings. The molecule has 1 unspecified atom stereocenters. The number of hydrogen-bond donors (Lipinski definition) is 2. The highest BCUT2D eigenvalue weighted by molar-refractivity contribution is 6.31. The van der Waals surface area contributed by atoms with Crippen LogP contribution in [0.1, 0.15) is 12.5 Å². The van der Waals surface area contributed by atoms with E-state index in [4.69, 9.17) is 17.3 Å². The summed E-state index contributed by atoms with van der Waals surface area (Å²) in [4.78, 5) is 11.1. The minimum Gasteiger partial charge on any atom is -0.354 e. The Morgan fingerprint density at radius 2 is 2.20 bits per heavy atom. The van der Waals surface area contributed by atoms with Gasteiger partial charge < -0.3 is 11.1 Å². The molecule has 0 aliphatic heterocycles. The number of benzene rings is 1. The summed E-state index contributed by atoms with van der Waals surface area (Å²) in [5.41, 5.74) is 6.44. The van der Waals surface area contributed by atoms with Crippen LogP contribution in [0.25, 0.3) is 0 Å². The molecule has 1 rings (SSSR count). The van der Waals surface area contributed by atoms with Gasteiger partial charge in [0.2, 0.25) is 5.91 Å². The van der Waals surface area contributed by atoms with Crippen molar-refractivity contribution in [3.8, 4) is 0 Å². The smallest absolute Gasteiger partial charge is 0.236 e. The van der Waals surface area contributed by atoms with Crippen molar-refractivity contribution < 1.29 is 4.79 Å². The average molecular weight is 227 g/mol. The molecule has 0 fully saturated rings. The van der Waals surface area contributed by atoms with Gasteiger partial charge in [0.1, 0.15) is 0 Å². The topological polar surface area (TPSA) is 55.1 Å². The third-order valence-electron chi connectivity index (χ3n) is 2.06. The molecule has 3 nitrogen and oxygen atoms in total. The van der Waals surface area contributed by atoms with E-state index < -0.39 is 6.04 Å². The van der Waals surface area contributed by atoms with Crippen molar-refractivity contribution in [1.82, 2.24) is 5.32 Å². The molecule has 0 saturated heterocycles. The minimum absolute atomic E-state index is 0.137. The molecule has 0 aromatic heterocycles.